The summed E-state index contributed by atoms with van der Waals surface area (Å²) in [6.45, 7) is 6.33. The highest BCUT2D eigenvalue weighted by molar-refractivity contribution is 14.1. The molecule has 140 valence electrons. The molecule has 0 aliphatic rings. The molecule has 2 aromatic rings. The SMILES string of the molecule is C=CCOc1c(I)cc(/C=N\Nc2nc(C)cc(COC)c2C#N)cc1I. The van der Waals surface area contributed by atoms with Crippen molar-refractivity contribution in [3.8, 4) is 11.8 Å². The lowest BCUT2D eigenvalue weighted by atomic mass is 10.1. The van der Waals surface area contributed by atoms with Gasteiger partial charge in [0.25, 0.3) is 0 Å². The van der Waals surface area contributed by atoms with Crippen molar-refractivity contribution < 1.29 is 9.47 Å². The molecule has 1 aromatic heterocycles. The summed E-state index contributed by atoms with van der Waals surface area (Å²) in [5, 5.41) is 13.7. The van der Waals surface area contributed by atoms with Crippen LogP contribution in [0.5, 0.6) is 5.75 Å². The van der Waals surface area contributed by atoms with E-state index in [-0.39, 0.29) is 0 Å². The Morgan fingerprint density at radius 2 is 2.04 bits per heavy atom. The molecule has 2 rings (SSSR count). The molecule has 1 heterocycles. The number of hydrogen-bond acceptors (Lipinski definition) is 6. The van der Waals surface area contributed by atoms with E-state index in [2.05, 4.69) is 73.3 Å². The van der Waals surface area contributed by atoms with Crippen LogP contribution in [0, 0.1) is 25.4 Å². The maximum absolute atomic E-state index is 9.45. The third-order valence-electron chi connectivity index (χ3n) is 3.39. The van der Waals surface area contributed by atoms with Gasteiger partial charge in [-0.2, -0.15) is 10.4 Å². The summed E-state index contributed by atoms with van der Waals surface area (Å²) in [6, 6.07) is 7.94. The Morgan fingerprint density at radius 3 is 2.63 bits per heavy atom. The van der Waals surface area contributed by atoms with E-state index in [0.29, 0.717) is 24.6 Å². The monoisotopic (exact) mass is 588 g/mol. The number of methoxy groups -OCH3 is 1. The van der Waals surface area contributed by atoms with E-state index in [4.69, 9.17) is 9.47 Å². The molecule has 0 fully saturated rings. The van der Waals surface area contributed by atoms with Crippen molar-refractivity contribution in [1.82, 2.24) is 4.98 Å². The lowest BCUT2D eigenvalue weighted by molar-refractivity contribution is 0.184. The zero-order valence-corrected chi connectivity index (χ0v) is 19.2. The molecule has 0 spiro atoms. The van der Waals surface area contributed by atoms with E-state index in [1.165, 1.54) is 0 Å². The highest BCUT2D eigenvalue weighted by atomic mass is 127. The molecule has 0 aliphatic heterocycles. The lowest BCUT2D eigenvalue weighted by Crippen LogP contribution is -2.04. The topological polar surface area (TPSA) is 79.5 Å². The highest BCUT2D eigenvalue weighted by Gasteiger charge is 2.11. The normalized spacial score (nSPS) is 10.6. The third-order valence-corrected chi connectivity index (χ3v) is 4.99. The number of ether oxygens (including phenoxy) is 2. The summed E-state index contributed by atoms with van der Waals surface area (Å²) in [4.78, 5) is 4.37. The van der Waals surface area contributed by atoms with Crippen LogP contribution in [0.25, 0.3) is 0 Å². The number of aromatic nitrogens is 1. The molecule has 0 radical (unpaired) electrons. The van der Waals surface area contributed by atoms with E-state index in [1.54, 1.807) is 19.4 Å². The van der Waals surface area contributed by atoms with Gasteiger partial charge in [-0.05, 0) is 75.9 Å². The largest absolute Gasteiger partial charge is 0.487 e. The van der Waals surface area contributed by atoms with Crippen molar-refractivity contribution in [2.45, 2.75) is 13.5 Å². The number of anilines is 1. The number of nitrogens with one attached hydrogen (secondary N) is 1. The van der Waals surface area contributed by atoms with Crippen molar-refractivity contribution in [3.05, 3.63) is 60.4 Å². The molecule has 6 nitrogen and oxygen atoms in total. The molecule has 0 saturated carbocycles. The predicted octanol–water partition coefficient (Wildman–Crippen LogP) is 4.63. The molecule has 0 saturated heterocycles. The minimum absolute atomic E-state index is 0.340. The van der Waals surface area contributed by atoms with Gasteiger partial charge in [-0.3, -0.25) is 5.43 Å². The van der Waals surface area contributed by atoms with E-state index in [9.17, 15) is 5.26 Å². The molecule has 0 atom stereocenters. The van der Waals surface area contributed by atoms with Crippen LogP contribution in [-0.4, -0.2) is 24.9 Å². The molecule has 0 aliphatic carbocycles. The molecule has 27 heavy (non-hydrogen) atoms. The van der Waals surface area contributed by atoms with Crippen molar-refractivity contribution in [3.63, 3.8) is 0 Å². The van der Waals surface area contributed by atoms with Gasteiger partial charge in [-0.25, -0.2) is 4.98 Å². The fraction of sp³-hybridized carbons (Fsp3) is 0.211. The zero-order chi connectivity index (χ0) is 19.8. The third kappa shape index (κ3) is 5.88. The lowest BCUT2D eigenvalue weighted by Gasteiger charge is -2.10. The molecule has 0 unspecified atom stereocenters. The number of hydrazone groups is 1. The number of halogens is 2. The van der Waals surface area contributed by atoms with E-state index in [1.807, 2.05) is 25.1 Å². The van der Waals surface area contributed by atoms with Crippen LogP contribution in [0.2, 0.25) is 0 Å². The Labute approximate surface area is 185 Å². The molecule has 0 bridgehead atoms. The minimum Gasteiger partial charge on any atom is -0.487 e. The van der Waals surface area contributed by atoms with Crippen LogP contribution in [0.3, 0.4) is 0 Å². The molecule has 8 heteroatoms. The van der Waals surface area contributed by atoms with Gasteiger partial charge in [-0.1, -0.05) is 12.7 Å². The maximum atomic E-state index is 9.45. The molecule has 1 N–H and O–H groups in total. The van der Waals surface area contributed by atoms with Gasteiger partial charge in [0, 0.05) is 18.4 Å². The number of nitriles is 1. The Balaban J connectivity index is 2.23. The van der Waals surface area contributed by atoms with Crippen LogP contribution in [-0.2, 0) is 11.3 Å². The van der Waals surface area contributed by atoms with Gasteiger partial charge < -0.3 is 9.47 Å². The van der Waals surface area contributed by atoms with Crippen molar-refractivity contribution in [1.29, 1.82) is 5.26 Å². The number of pyridine rings is 1. The Morgan fingerprint density at radius 1 is 1.33 bits per heavy atom. The molecular weight excluding hydrogens is 570 g/mol. The summed E-state index contributed by atoms with van der Waals surface area (Å²) in [7, 11) is 1.59. The zero-order valence-electron chi connectivity index (χ0n) is 14.9. The van der Waals surface area contributed by atoms with E-state index >= 15 is 0 Å². The van der Waals surface area contributed by atoms with Crippen LogP contribution in [0.1, 0.15) is 22.4 Å². The van der Waals surface area contributed by atoms with Crippen LogP contribution < -0.4 is 10.2 Å². The minimum atomic E-state index is 0.340. The Kier molecular flexibility index (Phi) is 8.46. The molecule has 1 aromatic carbocycles. The van der Waals surface area contributed by atoms with Crippen LogP contribution in [0.4, 0.5) is 5.82 Å². The Hall–Kier alpha value is -1.71. The summed E-state index contributed by atoms with van der Waals surface area (Å²) in [6.07, 6.45) is 3.40. The van der Waals surface area contributed by atoms with E-state index in [0.717, 1.165) is 29.7 Å². The smallest absolute Gasteiger partial charge is 0.164 e. The molecular formula is C19H18I2N4O2. The number of hydrogen-bond donors (Lipinski definition) is 1. The first-order valence-electron chi connectivity index (χ1n) is 7.91. The fourth-order valence-electron chi connectivity index (χ4n) is 2.32. The first kappa shape index (κ1) is 21.6. The second kappa shape index (κ2) is 10.6. The van der Waals surface area contributed by atoms with Gasteiger partial charge in [0.05, 0.1) is 20.0 Å². The van der Waals surface area contributed by atoms with Crippen LogP contribution in [0.15, 0.2) is 36.0 Å². The second-order valence-electron chi connectivity index (χ2n) is 5.47. The van der Waals surface area contributed by atoms with Crippen molar-refractivity contribution in [2.24, 2.45) is 5.10 Å². The summed E-state index contributed by atoms with van der Waals surface area (Å²) < 4.78 is 12.8. The van der Waals surface area contributed by atoms with Gasteiger partial charge in [-0.15, -0.1) is 0 Å². The van der Waals surface area contributed by atoms with Gasteiger partial charge in [0.1, 0.15) is 24.0 Å². The quantitative estimate of drug-likeness (QED) is 0.211. The Bertz CT molecular complexity index is 884. The van der Waals surface area contributed by atoms with Crippen molar-refractivity contribution in [2.75, 3.05) is 19.1 Å². The summed E-state index contributed by atoms with van der Waals surface area (Å²) in [5.74, 6) is 1.24. The van der Waals surface area contributed by atoms with Gasteiger partial charge >= 0.3 is 0 Å². The number of nitrogens with zero attached hydrogens (tertiary/aromatic N) is 3. The predicted molar refractivity (Wildman–Crippen MR) is 123 cm³/mol. The standard InChI is InChI=1S/C19H18I2N4O2/c1-4-5-27-18-16(20)7-13(8-17(18)21)10-23-25-19-15(9-22)14(11-26-3)6-12(2)24-19/h4,6-8,10H,1,5,11H2,2-3H3,(H,24,25)/b23-10-. The average Bonchev–Trinajstić information content (AvgIpc) is 2.61. The number of aryl methyl sites for hydroxylation is 1. The first-order valence-corrected chi connectivity index (χ1v) is 10.1. The molecule has 0 amide bonds. The van der Waals surface area contributed by atoms with Crippen LogP contribution >= 0.6 is 45.2 Å². The fourth-order valence-corrected chi connectivity index (χ4v) is 4.45. The number of rotatable bonds is 8. The van der Waals surface area contributed by atoms with Gasteiger partial charge in [0.15, 0.2) is 5.82 Å². The van der Waals surface area contributed by atoms with E-state index < -0.39 is 0 Å². The summed E-state index contributed by atoms with van der Waals surface area (Å²) >= 11 is 4.46. The number of benzene rings is 1. The van der Waals surface area contributed by atoms with Gasteiger partial charge in [0.2, 0.25) is 0 Å². The summed E-state index contributed by atoms with van der Waals surface area (Å²) in [5.41, 5.74) is 5.77. The second-order valence-corrected chi connectivity index (χ2v) is 7.80. The van der Waals surface area contributed by atoms with Crippen molar-refractivity contribution >= 4 is 57.2 Å². The highest BCUT2D eigenvalue weighted by Crippen LogP contribution is 2.28. The first-order chi connectivity index (χ1) is 13.0. The average molecular weight is 588 g/mol. The maximum Gasteiger partial charge on any atom is 0.164 e.